The molecule has 0 saturated heterocycles. The van der Waals surface area contributed by atoms with E-state index in [0.29, 0.717) is 18.0 Å². The van der Waals surface area contributed by atoms with Gasteiger partial charge in [-0.15, -0.1) is 10.2 Å². The van der Waals surface area contributed by atoms with Crippen LogP contribution in [0.25, 0.3) is 5.78 Å². The number of rotatable bonds is 3. The molecule has 6 heteroatoms. The van der Waals surface area contributed by atoms with Crippen LogP contribution in [-0.2, 0) is 11.2 Å². The molecular formula is C11H14N4O2. The van der Waals surface area contributed by atoms with Crippen molar-refractivity contribution in [3.8, 4) is 0 Å². The van der Waals surface area contributed by atoms with Crippen LogP contribution in [0.1, 0.15) is 24.1 Å². The van der Waals surface area contributed by atoms with Gasteiger partial charge in [0.1, 0.15) is 5.82 Å². The number of aryl methyl sites for hydroxylation is 2. The van der Waals surface area contributed by atoms with E-state index in [1.54, 1.807) is 11.3 Å². The summed E-state index contributed by atoms with van der Waals surface area (Å²) in [6, 6.07) is 1.92. The monoisotopic (exact) mass is 234 g/mol. The molecule has 0 aliphatic carbocycles. The van der Waals surface area contributed by atoms with Crippen LogP contribution in [0.15, 0.2) is 6.07 Å². The van der Waals surface area contributed by atoms with Crippen molar-refractivity contribution in [1.82, 2.24) is 19.6 Å². The Morgan fingerprint density at radius 1 is 1.47 bits per heavy atom. The first-order valence-electron chi connectivity index (χ1n) is 5.40. The number of nitrogens with zero attached hydrogens (tertiary/aromatic N) is 4. The van der Waals surface area contributed by atoms with Gasteiger partial charge in [-0.3, -0.25) is 9.20 Å². The van der Waals surface area contributed by atoms with Gasteiger partial charge in [0.25, 0.3) is 5.78 Å². The van der Waals surface area contributed by atoms with Crippen LogP contribution in [0, 0.1) is 19.8 Å². The fourth-order valence-corrected chi connectivity index (χ4v) is 1.79. The minimum atomic E-state index is -0.834. The van der Waals surface area contributed by atoms with Gasteiger partial charge in [0.15, 0.2) is 0 Å². The lowest BCUT2D eigenvalue weighted by molar-refractivity contribution is -0.141. The van der Waals surface area contributed by atoms with E-state index in [9.17, 15) is 4.79 Å². The maximum absolute atomic E-state index is 10.8. The molecule has 1 atom stereocenters. The number of carboxylic acids is 1. The quantitative estimate of drug-likeness (QED) is 0.857. The van der Waals surface area contributed by atoms with Crippen molar-refractivity contribution in [2.75, 3.05) is 0 Å². The first-order valence-corrected chi connectivity index (χ1v) is 5.40. The summed E-state index contributed by atoms with van der Waals surface area (Å²) >= 11 is 0. The molecule has 2 aromatic rings. The average Bonchev–Trinajstić information content (AvgIpc) is 2.60. The van der Waals surface area contributed by atoms with Crippen LogP contribution in [0.2, 0.25) is 0 Å². The molecule has 0 aliphatic heterocycles. The minimum Gasteiger partial charge on any atom is -0.481 e. The van der Waals surface area contributed by atoms with Gasteiger partial charge >= 0.3 is 5.97 Å². The Bertz CT molecular complexity index is 576. The van der Waals surface area contributed by atoms with E-state index in [1.165, 1.54) is 0 Å². The molecule has 2 heterocycles. The Labute approximate surface area is 98.3 Å². The first kappa shape index (κ1) is 11.5. The third kappa shape index (κ3) is 2.11. The van der Waals surface area contributed by atoms with Crippen molar-refractivity contribution in [3.63, 3.8) is 0 Å². The van der Waals surface area contributed by atoms with Crippen LogP contribution in [0.3, 0.4) is 0 Å². The predicted octanol–water partition coefficient (Wildman–Crippen LogP) is 1.00. The van der Waals surface area contributed by atoms with Gasteiger partial charge in [-0.05, 0) is 19.9 Å². The lowest BCUT2D eigenvalue weighted by atomic mass is 10.1. The summed E-state index contributed by atoms with van der Waals surface area (Å²) in [5.74, 6) is -0.155. The Morgan fingerprint density at radius 2 is 2.18 bits per heavy atom. The molecule has 0 spiro atoms. The Kier molecular flexibility index (Phi) is 2.79. The molecule has 0 radical (unpaired) electrons. The van der Waals surface area contributed by atoms with E-state index in [4.69, 9.17) is 5.11 Å². The molecule has 1 N–H and O–H groups in total. The second-order valence-corrected chi connectivity index (χ2v) is 4.23. The van der Waals surface area contributed by atoms with Crippen molar-refractivity contribution in [3.05, 3.63) is 23.3 Å². The van der Waals surface area contributed by atoms with Crippen LogP contribution >= 0.6 is 0 Å². The van der Waals surface area contributed by atoms with Gasteiger partial charge in [-0.25, -0.2) is 4.98 Å². The van der Waals surface area contributed by atoms with E-state index >= 15 is 0 Å². The Balaban J connectivity index is 2.46. The number of fused-ring (bicyclic) bond motifs is 1. The highest BCUT2D eigenvalue weighted by Gasteiger charge is 2.17. The number of hydrogen-bond acceptors (Lipinski definition) is 4. The molecule has 2 rings (SSSR count). The molecule has 1 unspecified atom stereocenters. The number of carboxylic acid groups (broad SMARTS) is 1. The minimum absolute atomic E-state index is 0.349. The number of carbonyl (C=O) groups is 1. The van der Waals surface area contributed by atoms with Crippen molar-refractivity contribution < 1.29 is 9.90 Å². The molecule has 0 bridgehead atoms. The topological polar surface area (TPSA) is 80.4 Å². The fourth-order valence-electron chi connectivity index (χ4n) is 1.79. The zero-order valence-electron chi connectivity index (χ0n) is 10.0. The van der Waals surface area contributed by atoms with E-state index in [2.05, 4.69) is 15.2 Å². The third-order valence-corrected chi connectivity index (χ3v) is 2.67. The average molecular weight is 234 g/mol. The van der Waals surface area contributed by atoms with Gasteiger partial charge in [-0.1, -0.05) is 6.92 Å². The van der Waals surface area contributed by atoms with Crippen LogP contribution in [0.5, 0.6) is 0 Å². The second-order valence-electron chi connectivity index (χ2n) is 4.23. The maximum atomic E-state index is 10.8. The first-order chi connectivity index (χ1) is 7.99. The number of hydrogen-bond donors (Lipinski definition) is 1. The summed E-state index contributed by atoms with van der Waals surface area (Å²) in [6.45, 7) is 5.47. The third-order valence-electron chi connectivity index (χ3n) is 2.67. The van der Waals surface area contributed by atoms with Gasteiger partial charge in [0, 0.05) is 17.8 Å². The predicted molar refractivity (Wildman–Crippen MR) is 60.8 cm³/mol. The molecular weight excluding hydrogens is 220 g/mol. The molecule has 0 aromatic carbocycles. The smallest absolute Gasteiger partial charge is 0.306 e. The molecule has 0 aliphatic rings. The van der Waals surface area contributed by atoms with Gasteiger partial charge in [0.05, 0.1) is 5.92 Å². The fraction of sp³-hybridized carbons (Fsp3) is 0.455. The van der Waals surface area contributed by atoms with Crippen molar-refractivity contribution >= 4 is 11.7 Å². The Morgan fingerprint density at radius 3 is 2.82 bits per heavy atom. The normalized spacial score (nSPS) is 12.9. The summed E-state index contributed by atoms with van der Waals surface area (Å²) in [6.07, 6.45) is 0.349. The highest BCUT2D eigenvalue weighted by atomic mass is 16.4. The molecule has 6 nitrogen and oxygen atoms in total. The lowest BCUT2D eigenvalue weighted by Gasteiger charge is -2.06. The lowest BCUT2D eigenvalue weighted by Crippen LogP contribution is -2.14. The van der Waals surface area contributed by atoms with Gasteiger partial charge in [0.2, 0.25) is 0 Å². The zero-order valence-corrected chi connectivity index (χ0v) is 10.0. The SMILES string of the molecule is Cc1cc(C)n2c(CC(C)C(=O)O)nnc2n1. The molecule has 17 heavy (non-hydrogen) atoms. The van der Waals surface area contributed by atoms with Gasteiger partial charge < -0.3 is 5.11 Å². The zero-order chi connectivity index (χ0) is 12.6. The van der Waals surface area contributed by atoms with E-state index in [1.807, 2.05) is 19.9 Å². The van der Waals surface area contributed by atoms with Crippen molar-refractivity contribution in [2.24, 2.45) is 5.92 Å². The summed E-state index contributed by atoms with van der Waals surface area (Å²) in [4.78, 5) is 15.1. The molecule has 0 amide bonds. The maximum Gasteiger partial charge on any atom is 0.306 e. The van der Waals surface area contributed by atoms with E-state index in [-0.39, 0.29) is 0 Å². The number of aromatic nitrogens is 4. The molecule has 2 aromatic heterocycles. The van der Waals surface area contributed by atoms with Crippen molar-refractivity contribution in [1.29, 1.82) is 0 Å². The second kappa shape index (κ2) is 4.12. The highest BCUT2D eigenvalue weighted by molar-refractivity contribution is 5.69. The van der Waals surface area contributed by atoms with Gasteiger partial charge in [-0.2, -0.15) is 0 Å². The van der Waals surface area contributed by atoms with Crippen molar-refractivity contribution in [2.45, 2.75) is 27.2 Å². The molecule has 90 valence electrons. The summed E-state index contributed by atoms with van der Waals surface area (Å²) in [7, 11) is 0. The summed E-state index contributed by atoms with van der Waals surface area (Å²) in [5, 5.41) is 16.9. The van der Waals surface area contributed by atoms with Crippen LogP contribution in [-0.4, -0.2) is 30.7 Å². The van der Waals surface area contributed by atoms with Crippen LogP contribution in [0.4, 0.5) is 0 Å². The summed E-state index contributed by atoms with van der Waals surface area (Å²) in [5.41, 5.74) is 1.84. The standard InChI is InChI=1S/C11H14N4O2/c1-6(10(16)17)4-9-13-14-11-12-7(2)5-8(3)15(9)11/h5-6H,4H2,1-3H3,(H,16,17). The van der Waals surface area contributed by atoms with E-state index in [0.717, 1.165) is 11.4 Å². The van der Waals surface area contributed by atoms with E-state index < -0.39 is 11.9 Å². The summed E-state index contributed by atoms with van der Waals surface area (Å²) < 4.78 is 1.80. The molecule has 0 fully saturated rings. The van der Waals surface area contributed by atoms with Crippen LogP contribution < -0.4 is 0 Å². The Hall–Kier alpha value is -1.98. The highest BCUT2D eigenvalue weighted by Crippen LogP contribution is 2.11. The molecule has 0 saturated carbocycles. The largest absolute Gasteiger partial charge is 0.481 e. The number of aliphatic carboxylic acids is 1.